The molecule has 0 aromatic heterocycles. The molecular weight excluding hydrogens is 1200 g/mol. The van der Waals surface area contributed by atoms with Gasteiger partial charge in [0.2, 0.25) is 5.91 Å². The van der Waals surface area contributed by atoms with Crippen molar-refractivity contribution in [2.45, 2.75) is 293 Å². The smallest absolute Gasteiger partial charge is 0.339 e. The van der Waals surface area contributed by atoms with Crippen LogP contribution in [0.2, 0.25) is 18.1 Å². The first-order valence-corrected chi connectivity index (χ1v) is 39.5. The number of carbonyl (C=O) groups excluding carboxylic acids is 3. The number of ether oxygens (including phenoxy) is 7. The maximum atomic E-state index is 14.8. The third-order valence-corrected chi connectivity index (χ3v) is 23.9. The highest BCUT2D eigenvalue weighted by Gasteiger charge is 2.48. The van der Waals surface area contributed by atoms with Crippen LogP contribution in [0, 0.1) is 0 Å². The van der Waals surface area contributed by atoms with Crippen molar-refractivity contribution < 1.29 is 57.1 Å². The zero-order valence-corrected chi connectivity index (χ0v) is 60.3. The van der Waals surface area contributed by atoms with Crippen molar-refractivity contribution in [2.75, 3.05) is 27.4 Å². The largest absolute Gasteiger partial charge is 0.497 e. The summed E-state index contributed by atoms with van der Waals surface area (Å²) in [6.45, 7) is 15.5. The van der Waals surface area contributed by atoms with Crippen LogP contribution in [0.5, 0.6) is 11.5 Å². The standard InChI is InChI=1S/C78H119NO12SSi/c1-10-12-14-16-18-20-22-24-25-27-29-31-33-35-40-48-71(80)79-68(59-89-93(8,9)78(3,4)5)69(47-39-34-32-30-28-26-23-21-19-17-15-13-11-2)90-76(83)67-46-42-41-45-66(67)75(82)88-60-70-72(81)73(86-57-61-49-53-63(84-6)54-50-61)74(77(91-70)92-65-43-37-36-38-44-65)87-58-62-51-55-64(85-7)56-52-62/h36-39,41-47,49-56,68-70,72-74,77,81H,10-35,40,48,57-60H2,1-9H3,(H,79,80)/b47-39+/t68-,69+,70+,72+,73-,74+,77-/m0/s1. The van der Waals surface area contributed by atoms with E-state index in [0.29, 0.717) is 17.9 Å². The van der Waals surface area contributed by atoms with Gasteiger partial charge in [0.25, 0.3) is 0 Å². The van der Waals surface area contributed by atoms with Crippen molar-refractivity contribution in [1.29, 1.82) is 0 Å². The Labute approximate surface area is 566 Å². The molecule has 0 aliphatic carbocycles. The maximum absolute atomic E-state index is 14.8. The van der Waals surface area contributed by atoms with E-state index in [9.17, 15) is 19.5 Å². The summed E-state index contributed by atoms with van der Waals surface area (Å²) in [5.41, 5.74) is 0.958. The van der Waals surface area contributed by atoms with E-state index >= 15 is 0 Å². The van der Waals surface area contributed by atoms with E-state index in [1.165, 1.54) is 153 Å². The van der Waals surface area contributed by atoms with Crippen molar-refractivity contribution in [1.82, 2.24) is 5.32 Å². The molecule has 1 amide bonds. The third kappa shape index (κ3) is 30.3. The van der Waals surface area contributed by atoms with Gasteiger partial charge >= 0.3 is 11.9 Å². The predicted molar refractivity (Wildman–Crippen MR) is 381 cm³/mol. The minimum absolute atomic E-state index is 0.00484. The van der Waals surface area contributed by atoms with Gasteiger partial charge in [-0.1, -0.05) is 261 Å². The first-order chi connectivity index (χ1) is 45.1. The Hall–Kier alpha value is -5.00. The van der Waals surface area contributed by atoms with Crippen molar-refractivity contribution in [2.24, 2.45) is 0 Å². The van der Waals surface area contributed by atoms with Crippen molar-refractivity contribution in [3.05, 3.63) is 138 Å². The molecule has 1 aliphatic rings. The van der Waals surface area contributed by atoms with Crippen molar-refractivity contribution in [3.8, 4) is 11.5 Å². The molecule has 4 aromatic rings. The lowest BCUT2D eigenvalue weighted by Gasteiger charge is -2.44. The molecule has 1 saturated heterocycles. The fraction of sp³-hybridized carbons (Fsp3) is 0.628. The lowest BCUT2D eigenvalue weighted by Crippen LogP contribution is -2.59. The van der Waals surface area contributed by atoms with Crippen LogP contribution >= 0.6 is 11.8 Å². The van der Waals surface area contributed by atoms with Crippen LogP contribution in [0.1, 0.15) is 246 Å². The summed E-state index contributed by atoms with van der Waals surface area (Å²) < 4.78 is 50.3. The number of hydrogen-bond donors (Lipinski definition) is 2. The maximum Gasteiger partial charge on any atom is 0.339 e. The number of aliphatic hydroxyl groups excluding tert-OH is 1. The monoisotopic (exact) mass is 1320 g/mol. The Morgan fingerprint density at radius 3 is 1.53 bits per heavy atom. The molecule has 2 N–H and O–H groups in total. The quantitative estimate of drug-likeness (QED) is 0.0186. The van der Waals surface area contributed by atoms with E-state index in [2.05, 4.69) is 59.1 Å². The summed E-state index contributed by atoms with van der Waals surface area (Å²) in [6.07, 6.45) is 32.2. The van der Waals surface area contributed by atoms with Gasteiger partial charge < -0.3 is 48.0 Å². The van der Waals surface area contributed by atoms with Gasteiger partial charge in [0.05, 0.1) is 51.2 Å². The summed E-state index contributed by atoms with van der Waals surface area (Å²) in [5, 5.41) is 15.5. The Morgan fingerprint density at radius 1 is 0.591 bits per heavy atom. The topological polar surface area (TPSA) is 157 Å². The summed E-state index contributed by atoms with van der Waals surface area (Å²) in [4.78, 5) is 44.4. The average molecular weight is 1320 g/mol. The number of esters is 2. The van der Waals surface area contributed by atoms with E-state index in [4.69, 9.17) is 37.6 Å². The molecule has 7 atom stereocenters. The van der Waals surface area contributed by atoms with Crippen LogP contribution in [0.3, 0.4) is 0 Å². The molecule has 1 aliphatic heterocycles. The zero-order chi connectivity index (χ0) is 66.9. The third-order valence-electron chi connectivity index (χ3n) is 18.3. The van der Waals surface area contributed by atoms with Crippen LogP contribution in [0.4, 0.5) is 0 Å². The number of thioether (sulfide) groups is 1. The molecule has 1 heterocycles. The highest BCUT2D eigenvalue weighted by Crippen LogP contribution is 2.39. The fourth-order valence-corrected chi connectivity index (χ4v) is 13.5. The first-order valence-electron chi connectivity index (χ1n) is 35.7. The number of allylic oxidation sites excluding steroid dienone is 1. The Morgan fingerprint density at radius 2 is 1.04 bits per heavy atom. The fourth-order valence-electron chi connectivity index (χ4n) is 11.3. The van der Waals surface area contributed by atoms with Crippen LogP contribution in [0.15, 0.2) is 120 Å². The highest BCUT2D eigenvalue weighted by molar-refractivity contribution is 7.99. The second-order valence-electron chi connectivity index (χ2n) is 26.9. The van der Waals surface area contributed by atoms with Gasteiger partial charge in [-0.2, -0.15) is 0 Å². The number of rotatable bonds is 49. The van der Waals surface area contributed by atoms with Gasteiger partial charge in [-0.3, -0.25) is 4.79 Å². The zero-order valence-electron chi connectivity index (χ0n) is 58.5. The van der Waals surface area contributed by atoms with Gasteiger partial charge in [0.15, 0.2) is 8.32 Å². The van der Waals surface area contributed by atoms with Gasteiger partial charge in [-0.05, 0) is 103 Å². The van der Waals surface area contributed by atoms with Crippen molar-refractivity contribution >= 4 is 37.9 Å². The average Bonchev–Trinajstić information content (AvgIpc) is 0.823. The second kappa shape index (κ2) is 45.4. The SMILES string of the molecule is CCCCCCCCCCCCC/C=C/[C@@H](OC(=O)c1ccccc1C(=O)OC[C@H]1O[C@@H](Sc2ccccc2)[C@H](OCc2ccc(OC)cc2)[C@@H](OCc2ccc(OC)cc2)[C@@H]1O)[C@H](CO[Si](C)(C)C(C)(C)C)NC(=O)CCCCCCCCCCCCCCCCC. The number of carbonyl (C=O) groups is 3. The number of amides is 1. The summed E-state index contributed by atoms with van der Waals surface area (Å²) in [6, 6.07) is 30.5. The summed E-state index contributed by atoms with van der Waals surface area (Å²) >= 11 is 1.42. The molecule has 0 radical (unpaired) electrons. The van der Waals surface area contributed by atoms with Gasteiger partial charge in [0.1, 0.15) is 54.1 Å². The number of methoxy groups -OCH3 is 2. The molecule has 5 rings (SSSR count). The lowest BCUT2D eigenvalue weighted by molar-refractivity contribution is -0.237. The number of aliphatic hydroxyl groups is 1. The molecule has 518 valence electrons. The molecule has 13 nitrogen and oxygen atoms in total. The van der Waals surface area contributed by atoms with Crippen LogP contribution < -0.4 is 14.8 Å². The van der Waals surface area contributed by atoms with E-state index < -0.39 is 62.3 Å². The van der Waals surface area contributed by atoms with E-state index in [1.54, 1.807) is 32.4 Å². The minimum Gasteiger partial charge on any atom is -0.497 e. The Bertz CT molecular complexity index is 2670. The first kappa shape index (κ1) is 78.7. The molecule has 0 saturated carbocycles. The molecule has 0 unspecified atom stereocenters. The Kier molecular flexibility index (Phi) is 38.4. The van der Waals surface area contributed by atoms with E-state index in [1.807, 2.05) is 84.9 Å². The molecule has 1 fully saturated rings. The normalized spacial score (nSPS) is 17.5. The van der Waals surface area contributed by atoms with Crippen LogP contribution in [0.25, 0.3) is 0 Å². The van der Waals surface area contributed by atoms with Gasteiger partial charge in [-0.25, -0.2) is 9.59 Å². The van der Waals surface area contributed by atoms with E-state index in [0.717, 1.165) is 54.5 Å². The predicted octanol–water partition coefficient (Wildman–Crippen LogP) is 19.5. The van der Waals surface area contributed by atoms with Crippen molar-refractivity contribution in [3.63, 3.8) is 0 Å². The summed E-state index contributed by atoms with van der Waals surface area (Å²) in [7, 11) is 0.864. The molecule has 4 aromatic carbocycles. The molecule has 93 heavy (non-hydrogen) atoms. The Balaban J connectivity index is 1.32. The number of unbranched alkanes of at least 4 members (excludes halogenated alkanes) is 25. The van der Waals surface area contributed by atoms with Gasteiger partial charge in [-0.15, -0.1) is 0 Å². The molecular formula is C78H119NO12SSi. The number of benzene rings is 4. The number of hydrogen-bond acceptors (Lipinski definition) is 13. The van der Waals surface area contributed by atoms with Gasteiger partial charge in [0, 0.05) is 11.3 Å². The summed E-state index contributed by atoms with van der Waals surface area (Å²) in [5.74, 6) is -0.264. The van der Waals surface area contributed by atoms with Crippen LogP contribution in [-0.2, 0) is 46.1 Å². The lowest BCUT2D eigenvalue weighted by atomic mass is 9.99. The highest BCUT2D eigenvalue weighted by atomic mass is 32.2. The molecule has 0 bridgehead atoms. The van der Waals surface area contributed by atoms with E-state index in [-0.39, 0.29) is 48.5 Å². The number of nitrogens with one attached hydrogen (secondary N) is 1. The minimum atomic E-state index is -2.36. The molecule has 0 spiro atoms. The second-order valence-corrected chi connectivity index (χ2v) is 32.9. The molecule has 15 heteroatoms. The van der Waals surface area contributed by atoms with Crippen LogP contribution in [-0.4, -0.2) is 101 Å².